The molecule has 0 radical (unpaired) electrons. The van der Waals surface area contributed by atoms with Crippen molar-refractivity contribution in [2.75, 3.05) is 7.05 Å². The third-order valence-electron chi connectivity index (χ3n) is 3.02. The number of halogens is 2. The first-order valence-corrected chi connectivity index (χ1v) is 8.38. The van der Waals surface area contributed by atoms with E-state index in [9.17, 15) is 8.42 Å². The number of nitrogens with zero attached hydrogens (tertiary/aromatic N) is 1. The van der Waals surface area contributed by atoms with E-state index in [1.54, 1.807) is 13.1 Å². The SMILES string of the molecule is CCC(CC)N(C)S(=O)(=O)c1ccc(Cl)c(Br)c1. The van der Waals surface area contributed by atoms with Crippen LogP contribution in [0, 0.1) is 0 Å². The van der Waals surface area contributed by atoms with Crippen LogP contribution in [0.25, 0.3) is 0 Å². The number of benzene rings is 1. The van der Waals surface area contributed by atoms with Gasteiger partial charge in [-0.05, 0) is 47.0 Å². The Morgan fingerprint density at radius 1 is 1.33 bits per heavy atom. The molecule has 0 saturated heterocycles. The second kappa shape index (κ2) is 6.37. The van der Waals surface area contributed by atoms with Crippen molar-refractivity contribution < 1.29 is 8.42 Å². The molecule has 0 aromatic heterocycles. The molecule has 18 heavy (non-hydrogen) atoms. The molecule has 0 saturated carbocycles. The predicted molar refractivity (Wildman–Crippen MR) is 78.5 cm³/mol. The molecule has 0 N–H and O–H groups in total. The van der Waals surface area contributed by atoms with E-state index in [-0.39, 0.29) is 10.9 Å². The highest BCUT2D eigenvalue weighted by Gasteiger charge is 2.26. The van der Waals surface area contributed by atoms with E-state index in [4.69, 9.17) is 11.6 Å². The van der Waals surface area contributed by atoms with Gasteiger partial charge in [-0.25, -0.2) is 8.42 Å². The molecule has 102 valence electrons. The van der Waals surface area contributed by atoms with E-state index in [1.165, 1.54) is 16.4 Å². The Hall–Kier alpha value is -0.100. The van der Waals surface area contributed by atoms with Gasteiger partial charge in [-0.1, -0.05) is 25.4 Å². The largest absolute Gasteiger partial charge is 0.243 e. The summed E-state index contributed by atoms with van der Waals surface area (Å²) in [5.41, 5.74) is 0. The second-order valence-corrected chi connectivity index (χ2v) is 7.33. The van der Waals surface area contributed by atoms with Crippen LogP contribution in [0.15, 0.2) is 27.6 Å². The number of sulfonamides is 1. The van der Waals surface area contributed by atoms with Gasteiger partial charge < -0.3 is 0 Å². The predicted octanol–water partition coefficient (Wildman–Crippen LogP) is 3.91. The molecule has 1 rings (SSSR count). The summed E-state index contributed by atoms with van der Waals surface area (Å²) in [6.45, 7) is 3.97. The van der Waals surface area contributed by atoms with Crippen LogP contribution < -0.4 is 0 Å². The van der Waals surface area contributed by atoms with Crippen LogP contribution in [0.3, 0.4) is 0 Å². The molecule has 6 heteroatoms. The minimum absolute atomic E-state index is 0.0180. The van der Waals surface area contributed by atoms with E-state index in [2.05, 4.69) is 15.9 Å². The molecule has 3 nitrogen and oxygen atoms in total. The first-order chi connectivity index (χ1) is 8.34. The standard InChI is InChI=1S/C12H17BrClNO2S/c1-4-9(5-2)15(3)18(16,17)10-6-7-12(14)11(13)8-10/h6-9H,4-5H2,1-3H3. The minimum Gasteiger partial charge on any atom is -0.207 e. The molecule has 0 heterocycles. The zero-order valence-corrected chi connectivity index (χ0v) is 13.8. The molecule has 0 aliphatic carbocycles. The van der Waals surface area contributed by atoms with Gasteiger partial charge in [0, 0.05) is 17.6 Å². The van der Waals surface area contributed by atoms with E-state index in [0.29, 0.717) is 9.50 Å². The summed E-state index contributed by atoms with van der Waals surface area (Å²) in [6.07, 6.45) is 1.59. The maximum absolute atomic E-state index is 12.4. The van der Waals surface area contributed by atoms with Crippen LogP contribution >= 0.6 is 27.5 Å². The van der Waals surface area contributed by atoms with Crippen molar-refractivity contribution in [3.63, 3.8) is 0 Å². The number of hydrogen-bond acceptors (Lipinski definition) is 2. The molecule has 0 fully saturated rings. The van der Waals surface area contributed by atoms with E-state index in [1.807, 2.05) is 13.8 Å². The van der Waals surface area contributed by atoms with Crippen LogP contribution in [-0.4, -0.2) is 25.8 Å². The third kappa shape index (κ3) is 3.26. The normalized spacial score (nSPS) is 12.4. The quantitative estimate of drug-likeness (QED) is 0.804. The zero-order valence-electron chi connectivity index (χ0n) is 10.7. The van der Waals surface area contributed by atoms with Gasteiger partial charge in [0.25, 0.3) is 0 Å². The Balaban J connectivity index is 3.16. The van der Waals surface area contributed by atoms with Crippen molar-refractivity contribution >= 4 is 37.6 Å². The van der Waals surface area contributed by atoms with Gasteiger partial charge in [0.15, 0.2) is 0 Å². The van der Waals surface area contributed by atoms with Crippen molar-refractivity contribution in [2.45, 2.75) is 37.6 Å². The van der Waals surface area contributed by atoms with Crippen LogP contribution in [0.2, 0.25) is 5.02 Å². The van der Waals surface area contributed by atoms with Crippen LogP contribution in [0.1, 0.15) is 26.7 Å². The first kappa shape index (κ1) is 16.0. The van der Waals surface area contributed by atoms with Crippen LogP contribution in [0.4, 0.5) is 0 Å². The fourth-order valence-electron chi connectivity index (χ4n) is 1.80. The Morgan fingerprint density at radius 3 is 2.33 bits per heavy atom. The topological polar surface area (TPSA) is 37.4 Å². The fraction of sp³-hybridized carbons (Fsp3) is 0.500. The van der Waals surface area contributed by atoms with Crippen molar-refractivity contribution in [3.05, 3.63) is 27.7 Å². The molecular formula is C12H17BrClNO2S. The zero-order chi connectivity index (χ0) is 13.9. The Kier molecular flexibility index (Phi) is 5.65. The molecule has 0 bridgehead atoms. The molecule has 1 aromatic rings. The summed E-state index contributed by atoms with van der Waals surface area (Å²) in [5, 5.41) is 0.499. The van der Waals surface area contributed by atoms with Crippen molar-refractivity contribution in [1.82, 2.24) is 4.31 Å². The van der Waals surface area contributed by atoms with Gasteiger partial charge in [-0.2, -0.15) is 4.31 Å². The maximum Gasteiger partial charge on any atom is 0.243 e. The lowest BCUT2D eigenvalue weighted by molar-refractivity contribution is 0.349. The average molecular weight is 355 g/mol. The summed E-state index contributed by atoms with van der Waals surface area (Å²) >= 11 is 9.12. The molecule has 0 amide bonds. The van der Waals surface area contributed by atoms with Gasteiger partial charge in [0.2, 0.25) is 10.0 Å². The average Bonchev–Trinajstić information content (AvgIpc) is 2.33. The second-order valence-electron chi connectivity index (χ2n) is 4.07. The van der Waals surface area contributed by atoms with E-state index < -0.39 is 10.0 Å². The Morgan fingerprint density at radius 2 is 1.89 bits per heavy atom. The number of hydrogen-bond donors (Lipinski definition) is 0. The smallest absolute Gasteiger partial charge is 0.207 e. The molecule has 0 unspecified atom stereocenters. The highest BCUT2D eigenvalue weighted by Crippen LogP contribution is 2.27. The number of rotatable bonds is 5. The maximum atomic E-state index is 12.4. The molecule has 1 aromatic carbocycles. The molecule has 0 spiro atoms. The van der Waals surface area contributed by atoms with Gasteiger partial charge in [-0.3, -0.25) is 0 Å². The van der Waals surface area contributed by atoms with Crippen molar-refractivity contribution in [1.29, 1.82) is 0 Å². The highest BCUT2D eigenvalue weighted by molar-refractivity contribution is 9.10. The van der Waals surface area contributed by atoms with E-state index in [0.717, 1.165) is 12.8 Å². The van der Waals surface area contributed by atoms with Crippen LogP contribution in [0.5, 0.6) is 0 Å². The van der Waals surface area contributed by atoms with Crippen LogP contribution in [-0.2, 0) is 10.0 Å². The van der Waals surface area contributed by atoms with Gasteiger partial charge in [-0.15, -0.1) is 0 Å². The summed E-state index contributed by atoms with van der Waals surface area (Å²) in [7, 11) is -1.84. The lowest BCUT2D eigenvalue weighted by atomic mass is 10.2. The first-order valence-electron chi connectivity index (χ1n) is 5.77. The summed E-state index contributed by atoms with van der Waals surface area (Å²) < 4.78 is 26.9. The summed E-state index contributed by atoms with van der Waals surface area (Å²) in [5.74, 6) is 0. The van der Waals surface area contributed by atoms with Crippen molar-refractivity contribution in [3.8, 4) is 0 Å². The minimum atomic E-state index is -3.46. The summed E-state index contributed by atoms with van der Waals surface area (Å²) in [6, 6.07) is 4.67. The Bertz CT molecular complexity index is 515. The summed E-state index contributed by atoms with van der Waals surface area (Å²) in [4.78, 5) is 0.258. The lowest BCUT2D eigenvalue weighted by Crippen LogP contribution is -2.36. The monoisotopic (exact) mass is 353 g/mol. The third-order valence-corrected chi connectivity index (χ3v) is 6.14. The molecule has 0 aliphatic rings. The molecule has 0 atom stereocenters. The van der Waals surface area contributed by atoms with Gasteiger partial charge in [0.1, 0.15) is 0 Å². The van der Waals surface area contributed by atoms with E-state index >= 15 is 0 Å². The van der Waals surface area contributed by atoms with Gasteiger partial charge >= 0.3 is 0 Å². The highest BCUT2D eigenvalue weighted by atomic mass is 79.9. The lowest BCUT2D eigenvalue weighted by Gasteiger charge is -2.25. The van der Waals surface area contributed by atoms with Crippen molar-refractivity contribution in [2.24, 2.45) is 0 Å². The Labute approximate surface area is 122 Å². The fourth-order valence-corrected chi connectivity index (χ4v) is 3.98. The van der Waals surface area contributed by atoms with Gasteiger partial charge in [0.05, 0.1) is 9.92 Å². The molecular weight excluding hydrogens is 338 g/mol. The molecule has 0 aliphatic heterocycles.